The molecule has 0 amide bonds. The summed E-state index contributed by atoms with van der Waals surface area (Å²) in [5, 5.41) is 8.47. The van der Waals surface area contributed by atoms with Crippen molar-refractivity contribution in [2.24, 2.45) is 11.5 Å². The average Bonchev–Trinajstić information content (AvgIpc) is 1.64. The zero-order valence-corrected chi connectivity index (χ0v) is 5.93. The van der Waals surface area contributed by atoms with Crippen molar-refractivity contribution in [3.63, 3.8) is 0 Å². The molecule has 0 radical (unpaired) electrons. The van der Waals surface area contributed by atoms with Gasteiger partial charge in [-0.25, -0.2) is 0 Å². The Bertz CT molecular complexity index is 65.5. The largest absolute Gasteiger partial charge is 0.396 e. The summed E-state index contributed by atoms with van der Waals surface area (Å²) in [7, 11) is 0. The molecule has 3 nitrogen and oxygen atoms in total. The topological polar surface area (TPSA) is 72.3 Å². The maximum atomic E-state index is 8.47. The van der Waals surface area contributed by atoms with Gasteiger partial charge >= 0.3 is 0 Å². The third-order valence-electron chi connectivity index (χ3n) is 1.29. The van der Waals surface area contributed by atoms with Crippen LogP contribution in [0.5, 0.6) is 0 Å². The first kappa shape index (κ1) is 8.88. The summed E-state index contributed by atoms with van der Waals surface area (Å²) in [6.45, 7) is 2.10. The highest BCUT2D eigenvalue weighted by Crippen LogP contribution is 2.05. The van der Waals surface area contributed by atoms with E-state index in [9.17, 15) is 0 Å². The van der Waals surface area contributed by atoms with Gasteiger partial charge in [0.05, 0.1) is 5.66 Å². The minimum atomic E-state index is -0.649. The standard InChI is InChI=1S/C6H16N2O/c1-2-3-6(7,8)4-5-9/h9H,2-5,7-8H2,1H3. The molecule has 0 atom stereocenters. The zero-order valence-electron chi connectivity index (χ0n) is 5.93. The quantitative estimate of drug-likeness (QED) is 0.463. The Hall–Kier alpha value is -0.120. The van der Waals surface area contributed by atoms with E-state index in [1.54, 1.807) is 0 Å². The minimum absolute atomic E-state index is 0.0764. The normalized spacial score (nSPS) is 12.0. The van der Waals surface area contributed by atoms with Crippen LogP contribution in [0.4, 0.5) is 0 Å². The summed E-state index contributed by atoms with van der Waals surface area (Å²) in [4.78, 5) is 0. The lowest BCUT2D eigenvalue weighted by atomic mass is 10.0. The Kier molecular flexibility index (Phi) is 3.77. The van der Waals surface area contributed by atoms with Gasteiger partial charge < -0.3 is 16.6 Å². The Balaban J connectivity index is 3.43. The van der Waals surface area contributed by atoms with Crippen LogP contribution >= 0.6 is 0 Å². The molecule has 0 spiro atoms. The van der Waals surface area contributed by atoms with E-state index in [2.05, 4.69) is 0 Å². The number of aliphatic hydroxyl groups excluding tert-OH is 1. The molecule has 5 N–H and O–H groups in total. The van der Waals surface area contributed by atoms with Gasteiger partial charge in [0, 0.05) is 13.0 Å². The van der Waals surface area contributed by atoms with E-state index < -0.39 is 5.66 Å². The maximum absolute atomic E-state index is 8.47. The molecule has 0 aromatic rings. The van der Waals surface area contributed by atoms with Crippen molar-refractivity contribution in [1.29, 1.82) is 0 Å². The average molecular weight is 132 g/mol. The van der Waals surface area contributed by atoms with E-state index in [1.807, 2.05) is 6.92 Å². The van der Waals surface area contributed by atoms with Crippen LogP contribution in [0.1, 0.15) is 26.2 Å². The maximum Gasteiger partial charge on any atom is 0.0658 e. The van der Waals surface area contributed by atoms with Crippen LogP contribution in [0.3, 0.4) is 0 Å². The van der Waals surface area contributed by atoms with Gasteiger partial charge in [-0.05, 0) is 6.42 Å². The van der Waals surface area contributed by atoms with E-state index >= 15 is 0 Å². The predicted octanol–water partition coefficient (Wildman–Crippen LogP) is -0.217. The van der Waals surface area contributed by atoms with E-state index in [1.165, 1.54) is 0 Å². The third-order valence-corrected chi connectivity index (χ3v) is 1.29. The molecule has 0 rings (SSSR count). The molecule has 9 heavy (non-hydrogen) atoms. The van der Waals surface area contributed by atoms with Crippen molar-refractivity contribution in [3.8, 4) is 0 Å². The van der Waals surface area contributed by atoms with Crippen molar-refractivity contribution in [2.45, 2.75) is 31.8 Å². The van der Waals surface area contributed by atoms with Gasteiger partial charge in [-0.3, -0.25) is 0 Å². The fraction of sp³-hybridized carbons (Fsp3) is 1.00. The highest BCUT2D eigenvalue weighted by Gasteiger charge is 2.15. The molecule has 0 bridgehead atoms. The van der Waals surface area contributed by atoms with Gasteiger partial charge in [0.15, 0.2) is 0 Å². The minimum Gasteiger partial charge on any atom is -0.396 e. The van der Waals surface area contributed by atoms with Crippen LogP contribution in [0, 0.1) is 0 Å². The Labute approximate surface area is 56.0 Å². The summed E-state index contributed by atoms with van der Waals surface area (Å²) >= 11 is 0. The molecule has 0 heterocycles. The lowest BCUT2D eigenvalue weighted by molar-refractivity contribution is 0.233. The van der Waals surface area contributed by atoms with Gasteiger partial charge in [0.1, 0.15) is 0 Å². The van der Waals surface area contributed by atoms with Crippen molar-refractivity contribution in [3.05, 3.63) is 0 Å². The molecule has 0 unspecified atom stereocenters. The fourth-order valence-corrected chi connectivity index (χ4v) is 0.799. The number of aliphatic hydroxyl groups is 1. The van der Waals surface area contributed by atoms with Crippen LogP contribution in [0.25, 0.3) is 0 Å². The molecule has 56 valence electrons. The van der Waals surface area contributed by atoms with Crippen molar-refractivity contribution in [1.82, 2.24) is 0 Å². The summed E-state index contributed by atoms with van der Waals surface area (Å²) in [5.74, 6) is 0. The smallest absolute Gasteiger partial charge is 0.0658 e. The van der Waals surface area contributed by atoms with E-state index in [4.69, 9.17) is 16.6 Å². The summed E-state index contributed by atoms with van der Waals surface area (Å²) < 4.78 is 0. The van der Waals surface area contributed by atoms with Gasteiger partial charge in [0.2, 0.25) is 0 Å². The second kappa shape index (κ2) is 3.82. The molecule has 0 aliphatic carbocycles. The first-order valence-electron chi connectivity index (χ1n) is 3.31. The highest BCUT2D eigenvalue weighted by molar-refractivity contribution is 4.74. The monoisotopic (exact) mass is 132 g/mol. The Morgan fingerprint density at radius 1 is 1.33 bits per heavy atom. The third kappa shape index (κ3) is 4.39. The van der Waals surface area contributed by atoms with Crippen LogP contribution in [-0.4, -0.2) is 17.4 Å². The summed E-state index contributed by atoms with van der Waals surface area (Å²) in [5.41, 5.74) is 10.5. The first-order chi connectivity index (χ1) is 4.12. The number of rotatable bonds is 4. The Morgan fingerprint density at radius 3 is 2.22 bits per heavy atom. The van der Waals surface area contributed by atoms with Gasteiger partial charge in [-0.2, -0.15) is 0 Å². The number of hydrogen-bond donors (Lipinski definition) is 3. The number of nitrogens with two attached hydrogens (primary N) is 2. The molecule has 0 aliphatic rings. The van der Waals surface area contributed by atoms with E-state index in [0.29, 0.717) is 6.42 Å². The van der Waals surface area contributed by atoms with Gasteiger partial charge in [0.25, 0.3) is 0 Å². The lowest BCUT2D eigenvalue weighted by Crippen LogP contribution is -2.49. The lowest BCUT2D eigenvalue weighted by Gasteiger charge is -2.22. The molecule has 0 aliphatic heterocycles. The second-order valence-corrected chi connectivity index (χ2v) is 2.46. The predicted molar refractivity (Wildman–Crippen MR) is 37.7 cm³/mol. The Morgan fingerprint density at radius 2 is 1.89 bits per heavy atom. The van der Waals surface area contributed by atoms with Crippen molar-refractivity contribution < 1.29 is 5.11 Å². The highest BCUT2D eigenvalue weighted by atomic mass is 16.3. The molecule has 0 saturated heterocycles. The fourth-order valence-electron chi connectivity index (χ4n) is 0.799. The summed E-state index contributed by atoms with van der Waals surface area (Å²) in [6, 6.07) is 0. The molecular weight excluding hydrogens is 116 g/mol. The van der Waals surface area contributed by atoms with Crippen LogP contribution < -0.4 is 11.5 Å². The van der Waals surface area contributed by atoms with E-state index in [-0.39, 0.29) is 6.61 Å². The zero-order chi connectivity index (χ0) is 7.33. The van der Waals surface area contributed by atoms with E-state index in [0.717, 1.165) is 12.8 Å². The van der Waals surface area contributed by atoms with Crippen LogP contribution in [0.15, 0.2) is 0 Å². The summed E-state index contributed by atoms with van der Waals surface area (Å²) in [6.07, 6.45) is 2.22. The molecule has 0 saturated carbocycles. The van der Waals surface area contributed by atoms with Gasteiger partial charge in [-0.1, -0.05) is 13.3 Å². The first-order valence-corrected chi connectivity index (χ1v) is 3.31. The van der Waals surface area contributed by atoms with Crippen LogP contribution in [0.2, 0.25) is 0 Å². The van der Waals surface area contributed by atoms with Crippen molar-refractivity contribution in [2.75, 3.05) is 6.61 Å². The molecule has 0 aromatic carbocycles. The molecular formula is C6H16N2O. The van der Waals surface area contributed by atoms with Crippen molar-refractivity contribution >= 4 is 0 Å². The second-order valence-electron chi connectivity index (χ2n) is 2.46. The molecule has 3 heteroatoms. The van der Waals surface area contributed by atoms with Crippen LogP contribution in [-0.2, 0) is 0 Å². The molecule has 0 aromatic heterocycles. The molecule has 0 fully saturated rings. The van der Waals surface area contributed by atoms with Gasteiger partial charge in [-0.15, -0.1) is 0 Å². The number of hydrogen-bond acceptors (Lipinski definition) is 3. The SMILES string of the molecule is CCCC(N)(N)CCO.